The van der Waals surface area contributed by atoms with Gasteiger partial charge in [-0.2, -0.15) is 5.10 Å². The van der Waals surface area contributed by atoms with E-state index in [4.69, 9.17) is 51.8 Å². The number of aromatic nitrogens is 2. The lowest BCUT2D eigenvalue weighted by molar-refractivity contribution is 0.417. The molecule has 0 fully saturated rings. The summed E-state index contributed by atoms with van der Waals surface area (Å²) in [4.78, 5) is 0. The summed E-state index contributed by atoms with van der Waals surface area (Å²) in [5.41, 5.74) is 1.55. The summed E-state index contributed by atoms with van der Waals surface area (Å²) in [7, 11) is 1.57. The highest BCUT2D eigenvalue weighted by atomic mass is 79.9. The first-order chi connectivity index (χ1) is 13.4. The van der Waals surface area contributed by atoms with Crippen molar-refractivity contribution in [3.63, 3.8) is 0 Å². The van der Waals surface area contributed by atoms with E-state index < -0.39 is 0 Å². The van der Waals surface area contributed by atoms with E-state index in [9.17, 15) is 0 Å². The molecule has 2 N–H and O–H groups in total. The first kappa shape index (κ1) is 21.2. The molecule has 0 saturated carbocycles. The van der Waals surface area contributed by atoms with Gasteiger partial charge >= 0.3 is 0 Å². The zero-order valence-electron chi connectivity index (χ0n) is 14.5. The summed E-state index contributed by atoms with van der Waals surface area (Å²) >= 11 is 27.1. The van der Waals surface area contributed by atoms with Crippen LogP contribution in [0.1, 0.15) is 5.56 Å². The summed E-state index contributed by atoms with van der Waals surface area (Å²) in [6, 6.07) is 10.6. The Labute approximate surface area is 191 Å². The Hall–Kier alpha value is -1.51. The predicted molar refractivity (Wildman–Crippen MR) is 123 cm³/mol. The third-order valence-electron chi connectivity index (χ3n) is 3.71. The Morgan fingerprint density at radius 2 is 1.86 bits per heavy atom. The number of anilines is 2. The van der Waals surface area contributed by atoms with Gasteiger partial charge in [-0.3, -0.25) is 4.68 Å². The number of thiocarbonyl (C=S) groups is 1. The Kier molecular flexibility index (Phi) is 7.06. The lowest BCUT2D eigenvalue weighted by atomic mass is 10.2. The molecule has 2 aromatic carbocycles. The second-order valence-corrected chi connectivity index (χ2v) is 8.23. The zero-order valence-corrected chi connectivity index (χ0v) is 19.1. The SMILES string of the molecule is COc1ccc(Cl)cc1NC(=S)Nc1nn(Cc2ccc(Cl)cc2Cl)cc1Br. The number of nitrogens with zero attached hydrogens (tertiary/aromatic N) is 2. The van der Waals surface area contributed by atoms with E-state index >= 15 is 0 Å². The Balaban J connectivity index is 1.71. The van der Waals surface area contributed by atoms with Crippen LogP contribution in [-0.2, 0) is 6.54 Å². The average molecular weight is 521 g/mol. The van der Waals surface area contributed by atoms with E-state index in [1.807, 2.05) is 12.3 Å². The van der Waals surface area contributed by atoms with Crippen LogP contribution in [0.5, 0.6) is 5.75 Å². The lowest BCUT2D eigenvalue weighted by Crippen LogP contribution is -2.20. The standard InChI is InChI=1S/C18H14BrCl3N4OS/c1-27-16-5-4-12(21)7-15(16)23-18(28)24-17-13(19)9-26(25-17)8-10-2-3-11(20)6-14(10)22/h2-7,9H,8H2,1H3,(H2,23,24,25,28). The van der Waals surface area contributed by atoms with Crippen molar-refractivity contribution in [3.8, 4) is 5.75 Å². The van der Waals surface area contributed by atoms with Crippen molar-refractivity contribution in [3.05, 3.63) is 67.7 Å². The third-order valence-corrected chi connectivity index (χ3v) is 5.31. The minimum absolute atomic E-state index is 0.344. The fourth-order valence-corrected chi connectivity index (χ4v) is 3.69. The van der Waals surface area contributed by atoms with Crippen LogP contribution in [0.15, 0.2) is 47.1 Å². The van der Waals surface area contributed by atoms with Crippen LogP contribution in [0.3, 0.4) is 0 Å². The number of hydrogen-bond acceptors (Lipinski definition) is 3. The summed E-state index contributed by atoms with van der Waals surface area (Å²) in [5, 5.41) is 12.7. The van der Waals surface area contributed by atoms with Crippen LogP contribution in [0.25, 0.3) is 0 Å². The van der Waals surface area contributed by atoms with Gasteiger partial charge in [-0.1, -0.05) is 40.9 Å². The molecule has 0 aliphatic rings. The monoisotopic (exact) mass is 518 g/mol. The fraction of sp³-hybridized carbons (Fsp3) is 0.111. The van der Waals surface area contributed by atoms with Crippen LogP contribution < -0.4 is 15.4 Å². The van der Waals surface area contributed by atoms with Crippen molar-refractivity contribution in [1.29, 1.82) is 0 Å². The molecule has 3 rings (SSSR count). The first-order valence-electron chi connectivity index (χ1n) is 7.94. The van der Waals surface area contributed by atoms with Gasteiger partial charge in [-0.05, 0) is 64.0 Å². The number of ether oxygens (including phenoxy) is 1. The maximum absolute atomic E-state index is 6.24. The number of benzene rings is 2. The maximum atomic E-state index is 6.24. The van der Waals surface area contributed by atoms with Gasteiger partial charge in [-0.15, -0.1) is 0 Å². The summed E-state index contributed by atoms with van der Waals surface area (Å²) < 4.78 is 7.80. The van der Waals surface area contributed by atoms with Gasteiger partial charge < -0.3 is 15.4 Å². The van der Waals surface area contributed by atoms with E-state index in [0.29, 0.717) is 44.0 Å². The van der Waals surface area contributed by atoms with Crippen LogP contribution in [0.2, 0.25) is 15.1 Å². The summed E-state index contributed by atoms with van der Waals surface area (Å²) in [6.45, 7) is 0.485. The third kappa shape index (κ3) is 5.30. The van der Waals surface area contributed by atoms with Crippen molar-refractivity contribution in [1.82, 2.24) is 9.78 Å². The molecule has 0 radical (unpaired) electrons. The second kappa shape index (κ2) is 9.33. The Morgan fingerprint density at radius 1 is 1.14 bits per heavy atom. The minimum atomic E-state index is 0.344. The van der Waals surface area contributed by atoms with Gasteiger partial charge in [-0.25, -0.2) is 0 Å². The predicted octanol–water partition coefficient (Wildman–Crippen LogP) is 6.47. The highest BCUT2D eigenvalue weighted by Crippen LogP contribution is 2.28. The minimum Gasteiger partial charge on any atom is -0.495 e. The molecule has 0 aliphatic carbocycles. The molecule has 10 heteroatoms. The second-order valence-electron chi connectivity index (χ2n) is 5.68. The van der Waals surface area contributed by atoms with Crippen molar-refractivity contribution < 1.29 is 4.74 Å². The molecular formula is C18H14BrCl3N4OS. The van der Waals surface area contributed by atoms with Crippen molar-refractivity contribution in [2.45, 2.75) is 6.54 Å². The molecule has 0 saturated heterocycles. The van der Waals surface area contributed by atoms with Crippen LogP contribution >= 0.6 is 63.0 Å². The molecule has 0 atom stereocenters. The smallest absolute Gasteiger partial charge is 0.176 e. The number of rotatable bonds is 5. The molecule has 3 aromatic rings. The Morgan fingerprint density at radius 3 is 2.57 bits per heavy atom. The molecular weight excluding hydrogens is 507 g/mol. The van der Waals surface area contributed by atoms with Gasteiger partial charge in [0.25, 0.3) is 0 Å². The molecule has 5 nitrogen and oxygen atoms in total. The van der Waals surface area contributed by atoms with Crippen LogP contribution in [0, 0.1) is 0 Å². The van der Waals surface area contributed by atoms with E-state index in [1.54, 1.807) is 42.1 Å². The zero-order chi connectivity index (χ0) is 20.3. The molecule has 28 heavy (non-hydrogen) atoms. The largest absolute Gasteiger partial charge is 0.495 e. The fourth-order valence-electron chi connectivity index (χ4n) is 2.43. The number of hydrogen-bond donors (Lipinski definition) is 2. The van der Waals surface area contributed by atoms with Gasteiger partial charge in [0.15, 0.2) is 10.9 Å². The number of nitrogens with one attached hydrogen (secondary N) is 2. The molecule has 0 unspecified atom stereocenters. The molecule has 146 valence electrons. The maximum Gasteiger partial charge on any atom is 0.176 e. The van der Waals surface area contributed by atoms with E-state index in [-0.39, 0.29) is 0 Å². The van der Waals surface area contributed by atoms with Crippen molar-refractivity contribution >= 4 is 79.6 Å². The molecule has 0 amide bonds. The summed E-state index contributed by atoms with van der Waals surface area (Å²) in [6.07, 6.45) is 1.83. The van der Waals surface area contributed by atoms with Crippen molar-refractivity contribution in [2.75, 3.05) is 17.7 Å². The number of halogens is 4. The van der Waals surface area contributed by atoms with Crippen molar-refractivity contribution in [2.24, 2.45) is 0 Å². The van der Waals surface area contributed by atoms with Gasteiger partial charge in [0, 0.05) is 21.3 Å². The van der Waals surface area contributed by atoms with Crippen LogP contribution in [-0.4, -0.2) is 22.0 Å². The lowest BCUT2D eigenvalue weighted by Gasteiger charge is -2.13. The molecule has 0 aliphatic heterocycles. The molecule has 1 heterocycles. The number of methoxy groups -OCH3 is 1. The highest BCUT2D eigenvalue weighted by molar-refractivity contribution is 9.10. The summed E-state index contributed by atoms with van der Waals surface area (Å²) in [5.74, 6) is 1.18. The Bertz CT molecular complexity index is 1030. The molecule has 0 bridgehead atoms. The molecule has 1 aromatic heterocycles. The highest BCUT2D eigenvalue weighted by Gasteiger charge is 2.12. The van der Waals surface area contributed by atoms with E-state index in [0.717, 1.165) is 10.0 Å². The normalized spacial score (nSPS) is 10.6. The van der Waals surface area contributed by atoms with Gasteiger partial charge in [0.05, 0.1) is 23.8 Å². The average Bonchev–Trinajstić information content (AvgIpc) is 2.96. The quantitative estimate of drug-likeness (QED) is 0.378. The first-order valence-corrected chi connectivity index (χ1v) is 10.3. The molecule has 0 spiro atoms. The van der Waals surface area contributed by atoms with Gasteiger partial charge in [0.2, 0.25) is 0 Å². The van der Waals surface area contributed by atoms with Gasteiger partial charge in [0.1, 0.15) is 5.75 Å². The van der Waals surface area contributed by atoms with Crippen LogP contribution in [0.4, 0.5) is 11.5 Å². The topological polar surface area (TPSA) is 51.1 Å². The van der Waals surface area contributed by atoms with E-state index in [2.05, 4.69) is 31.7 Å². The van der Waals surface area contributed by atoms with E-state index in [1.165, 1.54) is 0 Å².